The van der Waals surface area contributed by atoms with E-state index in [9.17, 15) is 15.5 Å². The van der Waals surface area contributed by atoms with Crippen molar-refractivity contribution < 1.29 is 14.9 Å². The largest absolute Gasteiger partial charge is 0.508 e. The summed E-state index contributed by atoms with van der Waals surface area (Å²) < 4.78 is 6.11. The molecule has 5 aliphatic rings. The number of nitriles is 1. The van der Waals surface area contributed by atoms with Gasteiger partial charge in [0.1, 0.15) is 17.5 Å². The number of ether oxygens (including phenoxy) is 1. The third-order valence-electron chi connectivity index (χ3n) is 8.95. The molecule has 8 atom stereocenters. The monoisotopic (exact) mass is 329 g/mol. The van der Waals surface area contributed by atoms with Crippen LogP contribution in [-0.4, -0.2) is 28.0 Å². The van der Waals surface area contributed by atoms with Crippen LogP contribution in [0.3, 0.4) is 0 Å². The molecule has 2 N–H and O–H groups in total. The van der Waals surface area contributed by atoms with Crippen LogP contribution in [0.5, 0.6) is 0 Å². The number of aliphatic hydroxyl groups is 2. The molecule has 1 saturated heterocycles. The predicted octanol–water partition coefficient (Wildman–Crippen LogP) is 3.47. The van der Waals surface area contributed by atoms with Gasteiger partial charge in [-0.25, -0.2) is 0 Å². The topological polar surface area (TPSA) is 76.8 Å². The minimum atomic E-state index is -0.241. The lowest BCUT2D eigenvalue weighted by atomic mass is 9.45. The van der Waals surface area contributed by atoms with E-state index in [0.717, 1.165) is 38.5 Å². The Balaban J connectivity index is 1.55. The van der Waals surface area contributed by atoms with Gasteiger partial charge in [-0.05, 0) is 68.1 Å². The Morgan fingerprint density at radius 3 is 2.67 bits per heavy atom. The van der Waals surface area contributed by atoms with Crippen molar-refractivity contribution in [2.24, 2.45) is 28.6 Å². The first-order chi connectivity index (χ1) is 11.4. The fraction of sp³-hybridized carbons (Fsp3) is 0.850. The maximum absolute atomic E-state index is 10.5. The highest BCUT2D eigenvalue weighted by Crippen LogP contribution is 2.73. The van der Waals surface area contributed by atoms with Crippen LogP contribution in [0.2, 0.25) is 0 Å². The van der Waals surface area contributed by atoms with Crippen molar-refractivity contribution in [3.63, 3.8) is 0 Å². The molecule has 0 unspecified atom stereocenters. The second kappa shape index (κ2) is 4.37. The molecule has 0 radical (unpaired) electrons. The molecule has 4 fully saturated rings. The summed E-state index contributed by atoms with van der Waals surface area (Å²) in [7, 11) is 0. The Hall–Kier alpha value is -1.05. The second-order valence-electron chi connectivity index (χ2n) is 9.51. The van der Waals surface area contributed by atoms with Crippen LogP contribution in [0.1, 0.15) is 58.8 Å². The van der Waals surface area contributed by atoms with E-state index >= 15 is 0 Å². The molecule has 1 spiro atoms. The number of fused-ring (bicyclic) bond motifs is 4. The highest BCUT2D eigenvalue weighted by atomic mass is 16.6. The molecule has 0 bridgehead atoms. The molecular weight excluding hydrogens is 302 g/mol. The number of nitrogens with zero attached hydrogens (tertiary/aromatic N) is 1. The summed E-state index contributed by atoms with van der Waals surface area (Å²) in [4.78, 5) is 0. The van der Waals surface area contributed by atoms with Gasteiger partial charge in [0.05, 0.1) is 17.7 Å². The Morgan fingerprint density at radius 1 is 1.12 bits per heavy atom. The molecule has 0 aromatic rings. The summed E-state index contributed by atoms with van der Waals surface area (Å²) in [6.45, 7) is 4.60. The lowest BCUT2D eigenvalue weighted by Gasteiger charge is -2.58. The van der Waals surface area contributed by atoms with E-state index in [4.69, 9.17) is 4.74 Å². The molecule has 1 heterocycles. The fourth-order valence-electron chi connectivity index (χ4n) is 7.50. The first-order valence-electron chi connectivity index (χ1n) is 9.55. The number of epoxide rings is 1. The lowest BCUT2D eigenvalue weighted by molar-refractivity contribution is -0.116. The standard InChI is InChI=1S/C20H27NO3/c1-18-7-6-14-12(13(18)3-4-15(18)22)5-8-20-17(24-20)16(23)11(10-21)9-19(14,20)2/h12-15,17,22-23H,3-9H2,1-2H3/t12-,13-,14-,15-,17-,18+,19-,20-/m1/s1. The SMILES string of the molecule is C[C@]12CC[C@@H]3[C@H](CC[C@@]45O[C@@H]4C(O)=C(C#N)C[C@]35C)[C@H]1CC[C@H]2O. The molecular formula is C20H27NO3. The summed E-state index contributed by atoms with van der Waals surface area (Å²) >= 11 is 0. The van der Waals surface area contributed by atoms with E-state index in [1.54, 1.807) is 0 Å². The van der Waals surface area contributed by atoms with E-state index < -0.39 is 0 Å². The number of allylic oxidation sites excluding steroid dienone is 1. The molecule has 4 aliphatic carbocycles. The molecule has 24 heavy (non-hydrogen) atoms. The van der Waals surface area contributed by atoms with Crippen molar-refractivity contribution >= 4 is 0 Å². The van der Waals surface area contributed by atoms with Gasteiger partial charge in [0, 0.05) is 5.41 Å². The smallest absolute Gasteiger partial charge is 0.146 e. The van der Waals surface area contributed by atoms with Gasteiger partial charge in [0.25, 0.3) is 0 Å². The number of hydrogen-bond donors (Lipinski definition) is 2. The van der Waals surface area contributed by atoms with E-state index in [1.807, 2.05) is 0 Å². The lowest BCUT2D eigenvalue weighted by Crippen LogP contribution is -2.57. The second-order valence-corrected chi connectivity index (χ2v) is 9.51. The summed E-state index contributed by atoms with van der Waals surface area (Å²) in [5.74, 6) is 1.96. The molecule has 4 heteroatoms. The fourth-order valence-corrected chi connectivity index (χ4v) is 7.50. The molecule has 0 amide bonds. The van der Waals surface area contributed by atoms with Crippen LogP contribution in [0.4, 0.5) is 0 Å². The average molecular weight is 329 g/mol. The van der Waals surface area contributed by atoms with Crippen molar-refractivity contribution in [3.05, 3.63) is 11.3 Å². The maximum Gasteiger partial charge on any atom is 0.146 e. The molecule has 0 aromatic carbocycles. The van der Waals surface area contributed by atoms with Crippen LogP contribution >= 0.6 is 0 Å². The van der Waals surface area contributed by atoms with Crippen LogP contribution in [0, 0.1) is 39.9 Å². The van der Waals surface area contributed by atoms with Gasteiger partial charge < -0.3 is 14.9 Å². The van der Waals surface area contributed by atoms with Gasteiger partial charge in [-0.15, -0.1) is 0 Å². The average Bonchev–Trinajstić information content (AvgIpc) is 3.23. The highest BCUT2D eigenvalue weighted by molar-refractivity contribution is 5.41. The summed E-state index contributed by atoms with van der Waals surface area (Å²) in [5.41, 5.74) is 0.336. The van der Waals surface area contributed by atoms with Crippen molar-refractivity contribution in [1.29, 1.82) is 5.26 Å². The molecule has 1 aliphatic heterocycles. The predicted molar refractivity (Wildman–Crippen MR) is 87.9 cm³/mol. The van der Waals surface area contributed by atoms with E-state index in [1.165, 1.54) is 0 Å². The van der Waals surface area contributed by atoms with E-state index in [-0.39, 0.29) is 34.4 Å². The number of hydrogen-bond acceptors (Lipinski definition) is 4. The summed E-state index contributed by atoms with van der Waals surface area (Å²) in [6.07, 6.45) is 6.65. The number of aliphatic hydroxyl groups excluding tert-OH is 2. The van der Waals surface area contributed by atoms with Gasteiger partial charge in [-0.2, -0.15) is 5.26 Å². The van der Waals surface area contributed by atoms with Crippen molar-refractivity contribution in [3.8, 4) is 6.07 Å². The molecule has 130 valence electrons. The maximum atomic E-state index is 10.5. The van der Waals surface area contributed by atoms with Crippen molar-refractivity contribution in [1.82, 2.24) is 0 Å². The Morgan fingerprint density at radius 2 is 1.92 bits per heavy atom. The normalized spacial score (nSPS) is 58.2. The van der Waals surface area contributed by atoms with Crippen molar-refractivity contribution in [2.75, 3.05) is 0 Å². The molecule has 3 saturated carbocycles. The molecule has 4 nitrogen and oxygen atoms in total. The van der Waals surface area contributed by atoms with Gasteiger partial charge >= 0.3 is 0 Å². The van der Waals surface area contributed by atoms with Gasteiger partial charge in [-0.1, -0.05) is 13.8 Å². The Labute approximate surface area is 143 Å². The van der Waals surface area contributed by atoms with Gasteiger partial charge in [0.15, 0.2) is 0 Å². The van der Waals surface area contributed by atoms with Crippen LogP contribution in [-0.2, 0) is 4.74 Å². The number of rotatable bonds is 0. The van der Waals surface area contributed by atoms with E-state index in [2.05, 4.69) is 19.9 Å². The molecule has 5 rings (SSSR count). The third-order valence-corrected chi connectivity index (χ3v) is 8.95. The zero-order valence-corrected chi connectivity index (χ0v) is 14.6. The van der Waals surface area contributed by atoms with Gasteiger partial charge in [-0.3, -0.25) is 0 Å². The summed E-state index contributed by atoms with van der Waals surface area (Å²) in [6, 6.07) is 2.23. The van der Waals surface area contributed by atoms with Crippen LogP contribution in [0.25, 0.3) is 0 Å². The first kappa shape index (κ1) is 15.2. The van der Waals surface area contributed by atoms with Crippen LogP contribution in [0.15, 0.2) is 11.3 Å². The third kappa shape index (κ3) is 1.48. The minimum Gasteiger partial charge on any atom is -0.508 e. The van der Waals surface area contributed by atoms with E-state index in [0.29, 0.717) is 29.7 Å². The zero-order chi connectivity index (χ0) is 16.9. The summed E-state index contributed by atoms with van der Waals surface area (Å²) in [5, 5.41) is 30.4. The zero-order valence-electron chi connectivity index (χ0n) is 14.6. The van der Waals surface area contributed by atoms with Crippen molar-refractivity contribution in [2.45, 2.75) is 76.6 Å². The Kier molecular flexibility index (Phi) is 2.77. The van der Waals surface area contributed by atoms with Crippen LogP contribution < -0.4 is 0 Å². The van der Waals surface area contributed by atoms with Gasteiger partial charge in [0.2, 0.25) is 0 Å². The quantitative estimate of drug-likeness (QED) is 0.667. The first-order valence-corrected chi connectivity index (χ1v) is 9.55. The highest BCUT2D eigenvalue weighted by Gasteiger charge is 2.76. The molecule has 0 aromatic heterocycles. The minimum absolute atomic E-state index is 0.0489. The Bertz CT molecular complexity index is 681.